The van der Waals surface area contributed by atoms with Crippen LogP contribution in [0.3, 0.4) is 0 Å². The predicted octanol–water partition coefficient (Wildman–Crippen LogP) is 4.05. The van der Waals surface area contributed by atoms with Crippen molar-refractivity contribution in [1.82, 2.24) is 0 Å². The van der Waals surface area contributed by atoms with Crippen LogP contribution in [0.25, 0.3) is 0 Å². The number of rotatable bonds is 5. The van der Waals surface area contributed by atoms with E-state index in [-0.39, 0.29) is 0 Å². The van der Waals surface area contributed by atoms with Gasteiger partial charge in [-0.2, -0.15) is 0 Å². The zero-order valence-corrected chi connectivity index (χ0v) is 10.4. The van der Waals surface area contributed by atoms with Crippen LogP contribution in [0.1, 0.15) is 6.92 Å². The summed E-state index contributed by atoms with van der Waals surface area (Å²) in [5.74, 6) is 2.46. The molecular weight excluding hydrogens is 224 g/mol. The van der Waals surface area contributed by atoms with Gasteiger partial charge >= 0.3 is 0 Å². The maximum Gasteiger partial charge on any atom is 0.145 e. The molecule has 0 heterocycles. The van der Waals surface area contributed by atoms with Gasteiger partial charge in [0.2, 0.25) is 0 Å². The molecule has 0 saturated carbocycles. The third-order valence-corrected chi connectivity index (χ3v) is 2.44. The fraction of sp³-hybridized carbons (Fsp3) is 0.125. The topological polar surface area (TPSA) is 18.5 Å². The van der Waals surface area contributed by atoms with Crippen LogP contribution in [-0.2, 0) is 0 Å². The molecule has 0 aliphatic heterocycles. The molecule has 2 heteroatoms. The maximum atomic E-state index is 5.72. The van der Waals surface area contributed by atoms with Crippen molar-refractivity contribution in [1.29, 1.82) is 0 Å². The molecule has 0 radical (unpaired) electrons. The lowest BCUT2D eigenvalue weighted by Crippen LogP contribution is -2.06. The van der Waals surface area contributed by atoms with Crippen LogP contribution in [-0.4, -0.2) is 6.61 Å². The van der Waals surface area contributed by atoms with E-state index in [0.29, 0.717) is 6.61 Å². The highest BCUT2D eigenvalue weighted by atomic mass is 16.5. The van der Waals surface area contributed by atoms with E-state index in [1.807, 2.05) is 73.7 Å². The van der Waals surface area contributed by atoms with Crippen molar-refractivity contribution in [3.63, 3.8) is 0 Å². The molecule has 0 amide bonds. The lowest BCUT2D eigenvalue weighted by molar-refractivity contribution is 0.280. The fourth-order valence-corrected chi connectivity index (χ4v) is 1.48. The minimum atomic E-state index is 0.426. The van der Waals surface area contributed by atoms with Gasteiger partial charge in [0.05, 0.1) is 0 Å². The summed E-state index contributed by atoms with van der Waals surface area (Å²) >= 11 is 0. The standard InChI is InChI=1S/C16H16O2/c1-2-14(18-16-11-7-4-8-12-16)13-17-15-9-5-3-6-10-15/h2-12H,13H2,1H3. The Morgan fingerprint density at radius 1 is 0.889 bits per heavy atom. The molecule has 2 aromatic rings. The minimum Gasteiger partial charge on any atom is -0.486 e. The Hall–Kier alpha value is -2.22. The average Bonchev–Trinajstić information content (AvgIpc) is 2.45. The summed E-state index contributed by atoms with van der Waals surface area (Å²) in [6.45, 7) is 2.36. The van der Waals surface area contributed by atoms with Crippen LogP contribution in [0.15, 0.2) is 72.5 Å². The van der Waals surface area contributed by atoms with Gasteiger partial charge in [0.25, 0.3) is 0 Å². The molecule has 0 fully saturated rings. The third-order valence-electron chi connectivity index (χ3n) is 2.44. The van der Waals surface area contributed by atoms with E-state index in [1.165, 1.54) is 0 Å². The molecule has 2 rings (SSSR count). The first-order valence-corrected chi connectivity index (χ1v) is 5.94. The largest absolute Gasteiger partial charge is 0.486 e. The van der Waals surface area contributed by atoms with Crippen LogP contribution in [0.2, 0.25) is 0 Å². The van der Waals surface area contributed by atoms with Gasteiger partial charge in [0.15, 0.2) is 0 Å². The highest BCUT2D eigenvalue weighted by Gasteiger charge is 2.01. The Morgan fingerprint density at radius 2 is 1.44 bits per heavy atom. The van der Waals surface area contributed by atoms with Crippen molar-refractivity contribution < 1.29 is 9.47 Å². The molecule has 92 valence electrons. The molecule has 0 N–H and O–H groups in total. The Kier molecular flexibility index (Phi) is 4.42. The predicted molar refractivity (Wildman–Crippen MR) is 72.8 cm³/mol. The molecule has 2 aromatic carbocycles. The summed E-state index contributed by atoms with van der Waals surface area (Å²) in [6, 6.07) is 19.4. The van der Waals surface area contributed by atoms with Crippen LogP contribution >= 0.6 is 0 Å². The number of para-hydroxylation sites is 2. The second kappa shape index (κ2) is 6.50. The van der Waals surface area contributed by atoms with Crippen molar-refractivity contribution >= 4 is 0 Å². The second-order valence-electron chi connectivity index (χ2n) is 3.77. The first-order chi connectivity index (χ1) is 8.88. The molecule has 0 bridgehead atoms. The molecule has 0 unspecified atom stereocenters. The minimum absolute atomic E-state index is 0.426. The summed E-state index contributed by atoms with van der Waals surface area (Å²) in [6.07, 6.45) is 1.91. The van der Waals surface area contributed by atoms with E-state index in [4.69, 9.17) is 9.47 Å². The highest BCUT2D eigenvalue weighted by Crippen LogP contribution is 2.14. The van der Waals surface area contributed by atoms with Gasteiger partial charge in [0, 0.05) is 0 Å². The van der Waals surface area contributed by atoms with E-state index >= 15 is 0 Å². The molecule has 0 saturated heterocycles. The molecule has 0 aromatic heterocycles. The van der Waals surface area contributed by atoms with Crippen LogP contribution < -0.4 is 9.47 Å². The van der Waals surface area contributed by atoms with Crippen molar-refractivity contribution in [2.24, 2.45) is 0 Å². The van der Waals surface area contributed by atoms with E-state index in [9.17, 15) is 0 Å². The second-order valence-corrected chi connectivity index (χ2v) is 3.77. The van der Waals surface area contributed by atoms with Crippen LogP contribution in [0.4, 0.5) is 0 Å². The smallest absolute Gasteiger partial charge is 0.145 e. The first-order valence-electron chi connectivity index (χ1n) is 5.94. The average molecular weight is 240 g/mol. The van der Waals surface area contributed by atoms with E-state index in [1.54, 1.807) is 0 Å². The highest BCUT2D eigenvalue weighted by molar-refractivity contribution is 5.24. The molecular formula is C16H16O2. The molecule has 0 atom stereocenters. The first kappa shape index (κ1) is 12.2. The van der Waals surface area contributed by atoms with Crippen LogP contribution in [0, 0.1) is 0 Å². The van der Waals surface area contributed by atoms with E-state index in [0.717, 1.165) is 17.3 Å². The maximum absolute atomic E-state index is 5.72. The van der Waals surface area contributed by atoms with Gasteiger partial charge in [-0.1, -0.05) is 36.4 Å². The number of ether oxygens (including phenoxy) is 2. The summed E-state index contributed by atoms with van der Waals surface area (Å²) in [5.41, 5.74) is 0. The zero-order valence-electron chi connectivity index (χ0n) is 10.4. The SMILES string of the molecule is CC=C(COc1ccccc1)Oc1ccccc1. The van der Waals surface area contributed by atoms with Crippen LogP contribution in [0.5, 0.6) is 11.5 Å². The van der Waals surface area contributed by atoms with Gasteiger partial charge in [-0.15, -0.1) is 0 Å². The molecule has 0 spiro atoms. The number of benzene rings is 2. The zero-order chi connectivity index (χ0) is 12.6. The van der Waals surface area contributed by atoms with Gasteiger partial charge in [-0.3, -0.25) is 0 Å². The summed E-state index contributed by atoms with van der Waals surface area (Å²) in [5, 5.41) is 0. The lowest BCUT2D eigenvalue weighted by atomic mass is 10.3. The Labute approximate surface area is 107 Å². The van der Waals surface area contributed by atoms with Crippen molar-refractivity contribution in [3.05, 3.63) is 72.5 Å². The van der Waals surface area contributed by atoms with Crippen molar-refractivity contribution in [3.8, 4) is 11.5 Å². The number of hydrogen-bond acceptors (Lipinski definition) is 2. The van der Waals surface area contributed by atoms with E-state index in [2.05, 4.69) is 0 Å². The summed E-state index contributed by atoms with van der Waals surface area (Å²) in [4.78, 5) is 0. The number of allylic oxidation sites excluding steroid dienone is 1. The Morgan fingerprint density at radius 3 is 2.00 bits per heavy atom. The number of hydrogen-bond donors (Lipinski definition) is 0. The van der Waals surface area contributed by atoms with Gasteiger partial charge in [0.1, 0.15) is 23.9 Å². The molecule has 0 aliphatic rings. The van der Waals surface area contributed by atoms with Gasteiger partial charge in [-0.05, 0) is 37.3 Å². The lowest BCUT2D eigenvalue weighted by Gasteiger charge is -2.11. The Bertz CT molecular complexity index is 489. The van der Waals surface area contributed by atoms with Gasteiger partial charge < -0.3 is 9.47 Å². The van der Waals surface area contributed by atoms with E-state index < -0.39 is 0 Å². The fourth-order valence-electron chi connectivity index (χ4n) is 1.48. The summed E-state index contributed by atoms with van der Waals surface area (Å²) in [7, 11) is 0. The molecule has 18 heavy (non-hydrogen) atoms. The van der Waals surface area contributed by atoms with Gasteiger partial charge in [-0.25, -0.2) is 0 Å². The normalized spacial score (nSPS) is 11.1. The van der Waals surface area contributed by atoms with Crippen molar-refractivity contribution in [2.45, 2.75) is 6.92 Å². The monoisotopic (exact) mass is 240 g/mol. The Balaban J connectivity index is 1.91. The quantitative estimate of drug-likeness (QED) is 0.734. The molecule has 2 nitrogen and oxygen atoms in total. The third kappa shape index (κ3) is 3.67. The summed E-state index contributed by atoms with van der Waals surface area (Å²) < 4.78 is 11.4. The molecule has 0 aliphatic carbocycles. The van der Waals surface area contributed by atoms with Crippen molar-refractivity contribution in [2.75, 3.05) is 6.61 Å².